The number of carbonyl (C=O) groups is 2. The summed E-state index contributed by atoms with van der Waals surface area (Å²) in [5.74, 6) is -0.134. The number of nitrogens with one attached hydrogen (secondary N) is 1. The van der Waals surface area contributed by atoms with Crippen LogP contribution >= 0.6 is 0 Å². The SMILES string of the molecule is C=C(N)CC(=O)NCCC(C)=O. The number of ketones is 1. The van der Waals surface area contributed by atoms with E-state index >= 15 is 0 Å². The standard InChI is InChI=1S/C8H14N2O2/c1-6(9)5-8(12)10-4-3-7(2)11/h1,3-5,9H2,2H3,(H,10,12). The van der Waals surface area contributed by atoms with E-state index in [1.165, 1.54) is 6.92 Å². The van der Waals surface area contributed by atoms with Crippen LogP contribution in [0.2, 0.25) is 0 Å². The van der Waals surface area contributed by atoms with E-state index in [-0.39, 0.29) is 18.1 Å². The van der Waals surface area contributed by atoms with Crippen LogP contribution in [0.25, 0.3) is 0 Å². The molecule has 0 aromatic carbocycles. The molecule has 0 saturated carbocycles. The molecular weight excluding hydrogens is 156 g/mol. The first kappa shape index (κ1) is 10.7. The Hall–Kier alpha value is -1.32. The molecule has 4 nitrogen and oxygen atoms in total. The third-order valence-corrected chi connectivity index (χ3v) is 1.19. The second kappa shape index (κ2) is 5.35. The van der Waals surface area contributed by atoms with Crippen LogP contribution in [0.3, 0.4) is 0 Å². The van der Waals surface area contributed by atoms with Crippen LogP contribution in [-0.2, 0) is 9.59 Å². The van der Waals surface area contributed by atoms with E-state index in [9.17, 15) is 9.59 Å². The maximum atomic E-state index is 10.9. The summed E-state index contributed by atoms with van der Waals surface area (Å²) >= 11 is 0. The molecule has 1 amide bonds. The van der Waals surface area contributed by atoms with Gasteiger partial charge in [0, 0.05) is 18.7 Å². The summed E-state index contributed by atoms with van der Waals surface area (Å²) in [5, 5.41) is 2.54. The summed E-state index contributed by atoms with van der Waals surface area (Å²) in [6, 6.07) is 0. The average Bonchev–Trinajstić information content (AvgIpc) is 1.84. The van der Waals surface area contributed by atoms with E-state index in [4.69, 9.17) is 5.73 Å². The third kappa shape index (κ3) is 6.80. The van der Waals surface area contributed by atoms with Gasteiger partial charge in [0.25, 0.3) is 0 Å². The highest BCUT2D eigenvalue weighted by Gasteiger charge is 2.00. The lowest BCUT2D eigenvalue weighted by Crippen LogP contribution is -2.26. The molecule has 0 aromatic heterocycles. The minimum Gasteiger partial charge on any atom is -0.402 e. The van der Waals surface area contributed by atoms with Crippen molar-refractivity contribution in [3.05, 3.63) is 12.3 Å². The monoisotopic (exact) mass is 170 g/mol. The van der Waals surface area contributed by atoms with Crippen molar-refractivity contribution in [2.24, 2.45) is 5.73 Å². The quantitative estimate of drug-likeness (QED) is 0.607. The Kier molecular flexibility index (Phi) is 4.76. The Morgan fingerprint density at radius 3 is 2.50 bits per heavy atom. The second-order valence-electron chi connectivity index (χ2n) is 2.64. The number of carbonyl (C=O) groups excluding carboxylic acids is 2. The Morgan fingerprint density at radius 2 is 2.08 bits per heavy atom. The molecule has 0 aliphatic rings. The van der Waals surface area contributed by atoms with E-state index in [1.807, 2.05) is 0 Å². The minimum absolute atomic E-state index is 0.0573. The van der Waals surface area contributed by atoms with Crippen molar-refractivity contribution in [2.45, 2.75) is 19.8 Å². The molecule has 0 bridgehead atoms. The van der Waals surface area contributed by atoms with Gasteiger partial charge in [-0.25, -0.2) is 0 Å². The van der Waals surface area contributed by atoms with Crippen molar-refractivity contribution in [1.82, 2.24) is 5.32 Å². The van der Waals surface area contributed by atoms with Gasteiger partial charge in [-0.3, -0.25) is 9.59 Å². The molecule has 0 spiro atoms. The summed E-state index contributed by atoms with van der Waals surface area (Å²) < 4.78 is 0. The molecule has 0 aliphatic carbocycles. The van der Waals surface area contributed by atoms with Gasteiger partial charge in [0.1, 0.15) is 5.78 Å². The molecule has 68 valence electrons. The number of hydrogen-bond donors (Lipinski definition) is 2. The van der Waals surface area contributed by atoms with Crippen molar-refractivity contribution in [3.8, 4) is 0 Å². The Balaban J connectivity index is 3.44. The predicted molar refractivity (Wildman–Crippen MR) is 46.3 cm³/mol. The maximum Gasteiger partial charge on any atom is 0.225 e. The minimum atomic E-state index is -0.191. The summed E-state index contributed by atoms with van der Waals surface area (Å²) in [7, 11) is 0. The fraction of sp³-hybridized carbons (Fsp3) is 0.500. The highest BCUT2D eigenvalue weighted by atomic mass is 16.1. The van der Waals surface area contributed by atoms with Crippen LogP contribution in [0.5, 0.6) is 0 Å². The lowest BCUT2D eigenvalue weighted by molar-refractivity contribution is -0.120. The van der Waals surface area contributed by atoms with Gasteiger partial charge in [-0.1, -0.05) is 6.58 Å². The number of nitrogens with two attached hydrogens (primary N) is 1. The van der Waals surface area contributed by atoms with Crippen LogP contribution in [0.1, 0.15) is 19.8 Å². The molecule has 12 heavy (non-hydrogen) atoms. The smallest absolute Gasteiger partial charge is 0.225 e. The molecule has 0 heterocycles. The zero-order valence-electron chi connectivity index (χ0n) is 7.22. The van der Waals surface area contributed by atoms with E-state index in [0.29, 0.717) is 18.7 Å². The van der Waals surface area contributed by atoms with Gasteiger partial charge >= 0.3 is 0 Å². The Labute approximate surface area is 71.8 Å². The number of amides is 1. The van der Waals surface area contributed by atoms with E-state index in [2.05, 4.69) is 11.9 Å². The van der Waals surface area contributed by atoms with Crippen molar-refractivity contribution >= 4 is 11.7 Å². The number of Topliss-reactive ketones (excluding diaryl/α,β-unsaturated/α-hetero) is 1. The fourth-order valence-electron chi connectivity index (χ4n) is 0.647. The molecule has 0 atom stereocenters. The third-order valence-electron chi connectivity index (χ3n) is 1.19. The molecule has 0 aliphatic heterocycles. The van der Waals surface area contributed by atoms with Crippen LogP contribution in [-0.4, -0.2) is 18.2 Å². The maximum absolute atomic E-state index is 10.9. The van der Waals surface area contributed by atoms with Gasteiger partial charge in [0.05, 0.1) is 6.42 Å². The first-order valence-electron chi connectivity index (χ1n) is 3.71. The Morgan fingerprint density at radius 1 is 1.50 bits per heavy atom. The van der Waals surface area contributed by atoms with E-state index in [1.54, 1.807) is 0 Å². The topological polar surface area (TPSA) is 72.2 Å². The predicted octanol–water partition coefficient (Wildman–Crippen LogP) is -0.0558. The summed E-state index contributed by atoms with van der Waals surface area (Å²) in [6.45, 7) is 5.24. The zero-order chi connectivity index (χ0) is 9.56. The fourth-order valence-corrected chi connectivity index (χ4v) is 0.647. The first-order valence-corrected chi connectivity index (χ1v) is 3.71. The molecule has 0 rings (SSSR count). The molecule has 0 aromatic rings. The molecule has 0 saturated heterocycles. The van der Waals surface area contributed by atoms with Crippen molar-refractivity contribution in [3.63, 3.8) is 0 Å². The summed E-state index contributed by atoms with van der Waals surface area (Å²) in [5.41, 5.74) is 5.53. The second-order valence-corrected chi connectivity index (χ2v) is 2.64. The van der Waals surface area contributed by atoms with Gasteiger partial charge in [0.15, 0.2) is 0 Å². The van der Waals surface area contributed by atoms with Gasteiger partial charge < -0.3 is 11.1 Å². The number of hydrogen-bond acceptors (Lipinski definition) is 3. The van der Waals surface area contributed by atoms with Gasteiger partial charge in [-0.05, 0) is 6.92 Å². The normalized spacial score (nSPS) is 9.08. The van der Waals surface area contributed by atoms with Gasteiger partial charge in [-0.2, -0.15) is 0 Å². The van der Waals surface area contributed by atoms with Crippen molar-refractivity contribution < 1.29 is 9.59 Å². The molecule has 3 N–H and O–H groups in total. The molecule has 4 heteroatoms. The van der Waals surface area contributed by atoms with Crippen LogP contribution in [0.15, 0.2) is 12.3 Å². The van der Waals surface area contributed by atoms with Crippen LogP contribution in [0, 0.1) is 0 Å². The Bertz CT molecular complexity index is 199. The average molecular weight is 170 g/mol. The highest BCUT2D eigenvalue weighted by molar-refractivity contribution is 5.79. The van der Waals surface area contributed by atoms with E-state index in [0.717, 1.165) is 0 Å². The lowest BCUT2D eigenvalue weighted by atomic mass is 10.3. The van der Waals surface area contributed by atoms with Crippen molar-refractivity contribution in [1.29, 1.82) is 0 Å². The van der Waals surface area contributed by atoms with Crippen LogP contribution in [0.4, 0.5) is 0 Å². The number of rotatable bonds is 5. The van der Waals surface area contributed by atoms with Crippen LogP contribution < -0.4 is 11.1 Å². The molecule has 0 fully saturated rings. The molecular formula is C8H14N2O2. The highest BCUT2D eigenvalue weighted by Crippen LogP contribution is 1.87. The van der Waals surface area contributed by atoms with Crippen molar-refractivity contribution in [2.75, 3.05) is 6.54 Å². The summed E-state index contributed by atoms with van der Waals surface area (Å²) in [6.07, 6.45) is 0.487. The molecule has 0 unspecified atom stereocenters. The lowest BCUT2D eigenvalue weighted by Gasteiger charge is -2.02. The van der Waals surface area contributed by atoms with Gasteiger partial charge in [-0.15, -0.1) is 0 Å². The molecule has 0 radical (unpaired) electrons. The summed E-state index contributed by atoms with van der Waals surface area (Å²) in [4.78, 5) is 21.3. The van der Waals surface area contributed by atoms with E-state index < -0.39 is 0 Å². The first-order chi connectivity index (χ1) is 5.52. The zero-order valence-corrected chi connectivity index (χ0v) is 7.22. The van der Waals surface area contributed by atoms with Gasteiger partial charge in [0.2, 0.25) is 5.91 Å². The largest absolute Gasteiger partial charge is 0.402 e.